The van der Waals surface area contributed by atoms with E-state index < -0.39 is 6.04 Å². The number of ether oxygens (including phenoxy) is 2. The predicted molar refractivity (Wildman–Crippen MR) is 218 cm³/mol. The molecule has 2 N–H and O–H groups in total. The monoisotopic (exact) mass is 769 g/mol. The molecular formula is C46H51N5O6. The molecule has 5 aliphatic heterocycles. The van der Waals surface area contributed by atoms with Crippen LogP contribution in [0.3, 0.4) is 0 Å². The minimum Gasteiger partial charge on any atom is -0.508 e. The standard InChI is InChI=1S/C46H51N5O6/c1-29-43(32-4-3-5-37(25-32)56-2)44(39-13-11-36(52)26-41(39)57-29)31-6-8-34(9-7-31)49-18-16-30(17-19-49)27-48-20-22-50(23-21-48)35-10-12-38-33(24-35)28-51(46(38)55)40-14-15-42(53)47-45(40)54/h3-13,24-26,29-30,40,43-44,52H,14-23,27-28H2,1-2H3,(H,47,53,54)/t29-,40+,43-,44?/m1/s1. The molecule has 4 aromatic carbocycles. The van der Waals surface area contributed by atoms with E-state index in [0.717, 1.165) is 87.0 Å². The van der Waals surface area contributed by atoms with E-state index in [2.05, 4.69) is 69.4 Å². The molecule has 5 aliphatic rings. The molecular weight excluding hydrogens is 719 g/mol. The average molecular weight is 770 g/mol. The molecule has 11 heteroatoms. The molecule has 4 aromatic rings. The Balaban J connectivity index is 0.796. The van der Waals surface area contributed by atoms with Gasteiger partial charge in [-0.1, -0.05) is 30.3 Å². The van der Waals surface area contributed by atoms with Gasteiger partial charge in [-0.25, -0.2) is 0 Å². The minimum absolute atomic E-state index is 0.0546. The van der Waals surface area contributed by atoms with Gasteiger partial charge in [0.1, 0.15) is 29.4 Å². The molecule has 0 saturated carbocycles. The number of aromatic hydroxyl groups is 1. The molecule has 11 nitrogen and oxygen atoms in total. The van der Waals surface area contributed by atoms with Gasteiger partial charge in [-0.3, -0.25) is 24.6 Å². The smallest absolute Gasteiger partial charge is 0.255 e. The van der Waals surface area contributed by atoms with E-state index in [1.54, 1.807) is 24.1 Å². The van der Waals surface area contributed by atoms with Crippen molar-refractivity contribution in [3.05, 3.63) is 113 Å². The maximum atomic E-state index is 13.2. The number of anilines is 2. The second kappa shape index (κ2) is 15.4. The first-order chi connectivity index (χ1) is 27.7. The Morgan fingerprint density at radius 2 is 1.56 bits per heavy atom. The van der Waals surface area contributed by atoms with Gasteiger partial charge < -0.3 is 29.3 Å². The third-order valence-corrected chi connectivity index (χ3v) is 13.0. The van der Waals surface area contributed by atoms with Crippen LogP contribution in [0.1, 0.15) is 77.1 Å². The third kappa shape index (κ3) is 7.29. The summed E-state index contributed by atoms with van der Waals surface area (Å²) < 4.78 is 12.0. The molecule has 3 saturated heterocycles. The number of piperazine rings is 1. The second-order valence-electron chi connectivity index (χ2n) is 16.4. The number of nitrogens with zero attached hydrogens (tertiary/aromatic N) is 4. The van der Waals surface area contributed by atoms with Crippen LogP contribution in [0.25, 0.3) is 0 Å². The van der Waals surface area contributed by atoms with E-state index in [1.165, 1.54) is 16.8 Å². The molecule has 5 heterocycles. The fourth-order valence-corrected chi connectivity index (χ4v) is 9.90. The first-order valence-electron chi connectivity index (χ1n) is 20.5. The zero-order chi connectivity index (χ0) is 39.2. The topological polar surface area (TPSA) is 115 Å². The summed E-state index contributed by atoms with van der Waals surface area (Å²) in [5, 5.41) is 12.7. The van der Waals surface area contributed by atoms with Crippen molar-refractivity contribution in [3.8, 4) is 17.2 Å². The summed E-state index contributed by atoms with van der Waals surface area (Å²) in [5.74, 6) is 1.78. The number of piperidine rings is 2. The van der Waals surface area contributed by atoms with Gasteiger partial charge in [0.05, 0.1) is 7.11 Å². The summed E-state index contributed by atoms with van der Waals surface area (Å²) >= 11 is 0. The van der Waals surface area contributed by atoms with Crippen molar-refractivity contribution < 1.29 is 29.0 Å². The normalized spacial score (nSPS) is 24.2. The van der Waals surface area contributed by atoms with E-state index in [1.807, 2.05) is 30.3 Å². The number of hydrogen-bond donors (Lipinski definition) is 2. The summed E-state index contributed by atoms with van der Waals surface area (Å²) in [4.78, 5) is 46.4. The highest BCUT2D eigenvalue weighted by Gasteiger charge is 2.40. The van der Waals surface area contributed by atoms with Crippen LogP contribution in [0.5, 0.6) is 17.2 Å². The molecule has 0 bridgehead atoms. The van der Waals surface area contributed by atoms with Gasteiger partial charge in [-0.05, 0) is 97.3 Å². The van der Waals surface area contributed by atoms with Crippen LogP contribution in [-0.2, 0) is 16.1 Å². The van der Waals surface area contributed by atoms with Gasteiger partial charge in [-0.2, -0.15) is 0 Å². The Morgan fingerprint density at radius 3 is 2.32 bits per heavy atom. The first kappa shape index (κ1) is 37.1. The van der Waals surface area contributed by atoms with Crippen LogP contribution in [-0.4, -0.2) is 97.7 Å². The van der Waals surface area contributed by atoms with Crippen molar-refractivity contribution in [2.75, 3.05) is 62.7 Å². The lowest BCUT2D eigenvalue weighted by molar-refractivity contribution is -0.136. The number of phenols is 1. The lowest BCUT2D eigenvalue weighted by Gasteiger charge is -2.40. The van der Waals surface area contributed by atoms with Gasteiger partial charge in [0.2, 0.25) is 11.8 Å². The maximum Gasteiger partial charge on any atom is 0.255 e. The zero-order valence-corrected chi connectivity index (χ0v) is 32.7. The Hall–Kier alpha value is -5.55. The second-order valence-corrected chi connectivity index (χ2v) is 16.4. The van der Waals surface area contributed by atoms with Crippen molar-refractivity contribution in [1.82, 2.24) is 15.1 Å². The van der Waals surface area contributed by atoms with Crippen molar-refractivity contribution in [3.63, 3.8) is 0 Å². The van der Waals surface area contributed by atoms with Crippen LogP contribution >= 0.6 is 0 Å². The van der Waals surface area contributed by atoms with Gasteiger partial charge >= 0.3 is 0 Å². The number of amides is 3. The Kier molecular flexibility index (Phi) is 10.0. The average Bonchev–Trinajstić information content (AvgIpc) is 3.55. The van der Waals surface area contributed by atoms with E-state index >= 15 is 0 Å². The maximum absolute atomic E-state index is 13.2. The van der Waals surface area contributed by atoms with E-state index in [-0.39, 0.29) is 47.8 Å². The summed E-state index contributed by atoms with van der Waals surface area (Å²) in [6, 6.07) is 28.4. The Bertz CT molecular complexity index is 2160. The number of hydrogen-bond acceptors (Lipinski definition) is 9. The van der Waals surface area contributed by atoms with Gasteiger partial charge in [0.15, 0.2) is 0 Å². The molecule has 0 spiro atoms. The molecule has 0 aliphatic carbocycles. The molecule has 296 valence electrons. The quantitative estimate of drug-likeness (QED) is 0.212. The van der Waals surface area contributed by atoms with Crippen molar-refractivity contribution in [2.24, 2.45) is 5.92 Å². The van der Waals surface area contributed by atoms with E-state index in [0.29, 0.717) is 24.4 Å². The zero-order valence-electron chi connectivity index (χ0n) is 32.7. The van der Waals surface area contributed by atoms with Crippen molar-refractivity contribution in [1.29, 1.82) is 0 Å². The Labute approximate surface area is 334 Å². The van der Waals surface area contributed by atoms with Crippen LogP contribution in [0, 0.1) is 5.92 Å². The minimum atomic E-state index is -0.594. The van der Waals surface area contributed by atoms with E-state index in [4.69, 9.17) is 9.47 Å². The van der Waals surface area contributed by atoms with E-state index in [9.17, 15) is 19.5 Å². The molecule has 3 amide bonds. The largest absolute Gasteiger partial charge is 0.508 e. The number of imide groups is 1. The van der Waals surface area contributed by atoms with Crippen LogP contribution < -0.4 is 24.6 Å². The predicted octanol–water partition coefficient (Wildman–Crippen LogP) is 5.90. The molecule has 57 heavy (non-hydrogen) atoms. The number of nitrogens with one attached hydrogen (secondary N) is 1. The summed E-state index contributed by atoms with van der Waals surface area (Å²) in [6.07, 6.45) is 2.85. The summed E-state index contributed by atoms with van der Waals surface area (Å²) in [5.41, 5.74) is 7.46. The SMILES string of the molecule is COc1cccc([C@@H]2C(c3ccc(N4CCC(CN5CCN(c6ccc7c(c6)CN([C@H]6CCC(=O)NC6=O)C7=O)CC5)CC4)cc3)c3ccc(O)cc3O[C@@H]2C)c1. The number of carbonyl (C=O) groups is 3. The summed E-state index contributed by atoms with van der Waals surface area (Å²) in [7, 11) is 1.70. The van der Waals surface area contributed by atoms with Crippen LogP contribution in [0.4, 0.5) is 11.4 Å². The number of carbonyl (C=O) groups excluding carboxylic acids is 3. The molecule has 4 atom stereocenters. The number of rotatable bonds is 8. The lowest BCUT2D eigenvalue weighted by Crippen LogP contribution is -2.52. The molecule has 1 unspecified atom stereocenters. The van der Waals surface area contributed by atoms with Crippen LogP contribution in [0.2, 0.25) is 0 Å². The first-order valence-corrected chi connectivity index (χ1v) is 20.5. The number of phenolic OH excluding ortho intramolecular Hbond substituents is 1. The highest BCUT2D eigenvalue weighted by Crippen LogP contribution is 2.50. The third-order valence-electron chi connectivity index (χ3n) is 13.0. The summed E-state index contributed by atoms with van der Waals surface area (Å²) in [6.45, 7) is 9.58. The molecule has 0 radical (unpaired) electrons. The van der Waals surface area contributed by atoms with Crippen LogP contribution in [0.15, 0.2) is 84.9 Å². The molecule has 3 fully saturated rings. The molecule has 9 rings (SSSR count). The van der Waals surface area contributed by atoms with Crippen molar-refractivity contribution >= 4 is 29.1 Å². The lowest BCUT2D eigenvalue weighted by atomic mass is 9.73. The number of benzene rings is 4. The van der Waals surface area contributed by atoms with Gasteiger partial charge in [-0.15, -0.1) is 0 Å². The van der Waals surface area contributed by atoms with Gasteiger partial charge in [0.25, 0.3) is 5.91 Å². The fourth-order valence-electron chi connectivity index (χ4n) is 9.90. The van der Waals surface area contributed by atoms with Gasteiger partial charge in [0, 0.05) is 99.2 Å². The number of methoxy groups -OCH3 is 1. The Morgan fingerprint density at radius 1 is 0.807 bits per heavy atom. The van der Waals surface area contributed by atoms with Crippen molar-refractivity contribution in [2.45, 2.75) is 63.1 Å². The fraction of sp³-hybridized carbons (Fsp3) is 0.413. The highest BCUT2D eigenvalue weighted by molar-refractivity contribution is 6.05. The number of fused-ring (bicyclic) bond motifs is 2. The highest BCUT2D eigenvalue weighted by atomic mass is 16.5. The molecule has 0 aromatic heterocycles.